The third-order valence-electron chi connectivity index (χ3n) is 8.37. The number of hydrogen-bond acceptors (Lipinski definition) is 4. The molecule has 13 heteroatoms. The van der Waals surface area contributed by atoms with Gasteiger partial charge in [-0.25, -0.2) is 35.4 Å². The standard InChI is InChI=1S/C30H27F5N4O3S/c31-24-25(32)27(34)29(28(35)26(24)33)43(41,42)39-13-12-23(39)30(40)38(20-10-11-21-22(14-20)37-16-36-21)15-17-6-8-19(9-7-17)18-4-2-1-3-5-18/h6-11,14,16,18,23H,1-5,12-13,15H2,(H,36,37)/t23-/m1/s1. The van der Waals surface area contributed by atoms with Crippen molar-refractivity contribution in [3.8, 4) is 0 Å². The number of aromatic nitrogens is 2. The van der Waals surface area contributed by atoms with Gasteiger partial charge in [0.2, 0.25) is 21.7 Å². The number of carbonyl (C=O) groups is 1. The summed E-state index contributed by atoms with van der Waals surface area (Å²) in [6.45, 7) is -0.307. The Morgan fingerprint density at radius 3 is 2.16 bits per heavy atom. The normalized spacial score (nSPS) is 18.1. The van der Waals surface area contributed by atoms with E-state index in [1.54, 1.807) is 18.2 Å². The molecule has 6 rings (SSSR count). The Morgan fingerprint density at radius 1 is 0.884 bits per heavy atom. The lowest BCUT2D eigenvalue weighted by Crippen LogP contribution is -2.59. The zero-order chi connectivity index (χ0) is 30.5. The largest absolute Gasteiger partial charge is 0.345 e. The van der Waals surface area contributed by atoms with Crippen LogP contribution >= 0.6 is 0 Å². The van der Waals surface area contributed by atoms with E-state index < -0.39 is 56.0 Å². The second-order valence-corrected chi connectivity index (χ2v) is 12.8. The van der Waals surface area contributed by atoms with Gasteiger partial charge in [-0.15, -0.1) is 0 Å². The van der Waals surface area contributed by atoms with Crippen LogP contribution in [0.2, 0.25) is 0 Å². The lowest BCUT2D eigenvalue weighted by Gasteiger charge is -2.41. The molecule has 1 N–H and O–H groups in total. The highest BCUT2D eigenvalue weighted by Gasteiger charge is 2.48. The quantitative estimate of drug-likeness (QED) is 0.150. The molecule has 226 valence electrons. The van der Waals surface area contributed by atoms with Gasteiger partial charge in [0.15, 0.2) is 28.2 Å². The third-order valence-corrected chi connectivity index (χ3v) is 10.3. The summed E-state index contributed by atoms with van der Waals surface area (Å²) in [6, 6.07) is 11.4. The molecule has 7 nitrogen and oxygen atoms in total. The van der Waals surface area contributed by atoms with Crippen LogP contribution in [0.15, 0.2) is 53.7 Å². The van der Waals surface area contributed by atoms with Crippen LogP contribution in [0.1, 0.15) is 55.6 Å². The van der Waals surface area contributed by atoms with Crippen molar-refractivity contribution in [3.05, 3.63) is 89.0 Å². The fourth-order valence-electron chi connectivity index (χ4n) is 5.91. The SMILES string of the molecule is O=C([C@H]1CCN1S(=O)(=O)c1c(F)c(F)c(F)c(F)c1F)N(Cc1ccc(C2CCCCC2)cc1)c1ccc2nc[nH]c2c1. The number of nitrogens with zero attached hydrogens (tertiary/aromatic N) is 3. The number of anilines is 1. The van der Waals surface area contributed by atoms with E-state index in [-0.39, 0.29) is 19.5 Å². The number of nitrogens with one attached hydrogen (secondary N) is 1. The monoisotopic (exact) mass is 618 g/mol. The van der Waals surface area contributed by atoms with Crippen LogP contribution < -0.4 is 4.90 Å². The number of sulfonamides is 1. The van der Waals surface area contributed by atoms with Crippen molar-refractivity contribution in [2.45, 2.75) is 61.9 Å². The number of halogens is 5. The van der Waals surface area contributed by atoms with Crippen LogP contribution in [0, 0.1) is 29.1 Å². The van der Waals surface area contributed by atoms with Crippen molar-refractivity contribution < 1.29 is 35.2 Å². The van der Waals surface area contributed by atoms with Crippen molar-refractivity contribution in [1.82, 2.24) is 14.3 Å². The van der Waals surface area contributed by atoms with E-state index >= 15 is 0 Å². The molecule has 1 aromatic heterocycles. The zero-order valence-corrected chi connectivity index (χ0v) is 23.6. The van der Waals surface area contributed by atoms with Gasteiger partial charge in [0.1, 0.15) is 6.04 Å². The fourth-order valence-corrected chi connectivity index (χ4v) is 7.65. The molecule has 43 heavy (non-hydrogen) atoms. The smallest absolute Gasteiger partial charge is 0.249 e. The van der Waals surface area contributed by atoms with Crippen molar-refractivity contribution in [2.75, 3.05) is 11.4 Å². The summed E-state index contributed by atoms with van der Waals surface area (Å²) in [4.78, 5) is 20.5. The minimum absolute atomic E-state index is 0.0170. The minimum Gasteiger partial charge on any atom is -0.345 e. The summed E-state index contributed by atoms with van der Waals surface area (Å²) in [5.74, 6) is -12.4. The van der Waals surface area contributed by atoms with E-state index in [0.717, 1.165) is 18.4 Å². The van der Waals surface area contributed by atoms with Gasteiger partial charge in [-0.1, -0.05) is 43.5 Å². The van der Waals surface area contributed by atoms with Crippen LogP contribution in [-0.2, 0) is 21.4 Å². The first kappa shape index (κ1) is 29.2. The average Bonchev–Trinajstić information content (AvgIpc) is 3.46. The van der Waals surface area contributed by atoms with Gasteiger partial charge in [-0.3, -0.25) is 4.79 Å². The van der Waals surface area contributed by atoms with Crippen molar-refractivity contribution in [2.24, 2.45) is 0 Å². The molecule has 0 radical (unpaired) electrons. The number of fused-ring (bicyclic) bond motifs is 1. The van der Waals surface area contributed by atoms with Gasteiger partial charge < -0.3 is 9.88 Å². The Kier molecular flexibility index (Phi) is 7.71. The maximum atomic E-state index is 14.5. The van der Waals surface area contributed by atoms with Crippen LogP contribution in [0.25, 0.3) is 11.0 Å². The number of imidazole rings is 1. The molecule has 0 unspecified atom stereocenters. The number of amides is 1. The van der Waals surface area contributed by atoms with Gasteiger partial charge in [0.25, 0.3) is 0 Å². The molecule has 1 aliphatic carbocycles. The molecular formula is C30H27F5N4O3S. The number of benzene rings is 3. The average molecular weight is 619 g/mol. The number of H-pyrrole nitrogens is 1. The molecule has 1 amide bonds. The van der Waals surface area contributed by atoms with E-state index in [0.29, 0.717) is 26.9 Å². The Balaban J connectivity index is 1.33. The van der Waals surface area contributed by atoms with Gasteiger partial charge in [-0.2, -0.15) is 4.31 Å². The molecule has 2 heterocycles. The predicted molar refractivity (Wildman–Crippen MR) is 148 cm³/mol. The summed E-state index contributed by atoms with van der Waals surface area (Å²) in [5, 5.41) is 0. The maximum Gasteiger partial charge on any atom is 0.249 e. The summed E-state index contributed by atoms with van der Waals surface area (Å²) in [7, 11) is -5.28. The molecule has 1 saturated carbocycles. The number of aromatic amines is 1. The Labute approximate surface area is 244 Å². The molecule has 3 aromatic carbocycles. The molecule has 1 saturated heterocycles. The maximum absolute atomic E-state index is 14.5. The second-order valence-electron chi connectivity index (χ2n) is 10.9. The highest BCUT2D eigenvalue weighted by atomic mass is 32.2. The Morgan fingerprint density at radius 2 is 1.53 bits per heavy atom. The number of hydrogen-bond donors (Lipinski definition) is 1. The molecule has 0 spiro atoms. The van der Waals surface area contributed by atoms with Gasteiger partial charge >= 0.3 is 0 Å². The highest BCUT2D eigenvalue weighted by molar-refractivity contribution is 7.89. The minimum atomic E-state index is -5.28. The van der Waals surface area contributed by atoms with E-state index in [4.69, 9.17) is 0 Å². The Hall–Kier alpha value is -3.84. The van der Waals surface area contributed by atoms with Crippen LogP contribution in [-0.4, -0.2) is 41.2 Å². The lowest BCUT2D eigenvalue weighted by molar-refractivity contribution is -0.125. The van der Waals surface area contributed by atoms with Gasteiger partial charge in [-0.05, 0) is 54.5 Å². The summed E-state index contributed by atoms with van der Waals surface area (Å²) in [6.07, 6.45) is 7.27. The first-order valence-corrected chi connectivity index (χ1v) is 15.4. The molecule has 0 bridgehead atoms. The molecule has 1 atom stereocenters. The molecular weight excluding hydrogens is 591 g/mol. The van der Waals surface area contributed by atoms with E-state index in [9.17, 15) is 35.2 Å². The molecule has 2 aliphatic rings. The zero-order valence-electron chi connectivity index (χ0n) is 22.8. The third kappa shape index (κ3) is 5.18. The van der Waals surface area contributed by atoms with E-state index in [1.807, 2.05) is 24.3 Å². The second kappa shape index (κ2) is 11.3. The summed E-state index contributed by atoms with van der Waals surface area (Å²) in [5.41, 5.74) is 3.61. The molecule has 4 aromatic rings. The van der Waals surface area contributed by atoms with Crippen molar-refractivity contribution in [1.29, 1.82) is 0 Å². The van der Waals surface area contributed by atoms with Gasteiger partial charge in [0, 0.05) is 12.2 Å². The molecule has 1 aliphatic heterocycles. The van der Waals surface area contributed by atoms with Crippen LogP contribution in [0.4, 0.5) is 27.6 Å². The fraction of sp³-hybridized carbons (Fsp3) is 0.333. The van der Waals surface area contributed by atoms with Crippen molar-refractivity contribution >= 4 is 32.7 Å². The van der Waals surface area contributed by atoms with Crippen LogP contribution in [0.3, 0.4) is 0 Å². The van der Waals surface area contributed by atoms with E-state index in [1.165, 1.54) is 36.1 Å². The highest BCUT2D eigenvalue weighted by Crippen LogP contribution is 2.36. The summed E-state index contributed by atoms with van der Waals surface area (Å²) < 4.78 is 97.3. The Bertz CT molecular complexity index is 1780. The lowest BCUT2D eigenvalue weighted by atomic mass is 9.84. The first-order valence-electron chi connectivity index (χ1n) is 13.9. The number of carbonyl (C=O) groups excluding carboxylic acids is 1. The molecule has 2 fully saturated rings. The van der Waals surface area contributed by atoms with Gasteiger partial charge in [0.05, 0.1) is 23.9 Å². The first-order chi connectivity index (χ1) is 20.6. The predicted octanol–water partition coefficient (Wildman–Crippen LogP) is 6.30. The van der Waals surface area contributed by atoms with Crippen molar-refractivity contribution in [3.63, 3.8) is 0 Å². The summed E-state index contributed by atoms with van der Waals surface area (Å²) >= 11 is 0. The van der Waals surface area contributed by atoms with E-state index in [2.05, 4.69) is 9.97 Å². The topological polar surface area (TPSA) is 86.4 Å². The number of rotatable bonds is 7. The van der Waals surface area contributed by atoms with Crippen LogP contribution in [0.5, 0.6) is 0 Å².